The third kappa shape index (κ3) is 2.68. The first-order valence-corrected chi connectivity index (χ1v) is 7.88. The molecule has 5 heteroatoms. The van der Waals surface area contributed by atoms with Gasteiger partial charge in [-0.25, -0.2) is 0 Å². The molecule has 4 rings (SSSR count). The zero-order valence-electron chi connectivity index (χ0n) is 12.5. The van der Waals surface area contributed by atoms with Crippen molar-refractivity contribution in [2.45, 2.75) is 18.9 Å². The number of piperazine rings is 1. The van der Waals surface area contributed by atoms with Crippen LogP contribution in [0.15, 0.2) is 45.6 Å². The summed E-state index contributed by atoms with van der Waals surface area (Å²) < 4.78 is 10.8. The number of carbonyl (C=O) groups excluding carboxylic acids is 1. The molecule has 2 aromatic rings. The number of amides is 1. The summed E-state index contributed by atoms with van der Waals surface area (Å²) in [5.74, 6) is 2.65. The Morgan fingerprint density at radius 1 is 1.09 bits per heavy atom. The lowest BCUT2D eigenvalue weighted by Gasteiger charge is -2.34. The van der Waals surface area contributed by atoms with Gasteiger partial charge >= 0.3 is 0 Å². The molecule has 0 unspecified atom stereocenters. The van der Waals surface area contributed by atoms with Crippen LogP contribution in [-0.4, -0.2) is 41.9 Å². The second-order valence-corrected chi connectivity index (χ2v) is 6.14. The summed E-state index contributed by atoms with van der Waals surface area (Å²) in [6.45, 7) is 4.25. The summed E-state index contributed by atoms with van der Waals surface area (Å²) in [7, 11) is 0. The van der Waals surface area contributed by atoms with Gasteiger partial charge in [0.25, 0.3) is 0 Å². The number of rotatable bonds is 4. The van der Waals surface area contributed by atoms with Gasteiger partial charge in [0.05, 0.1) is 19.1 Å². The van der Waals surface area contributed by atoms with Crippen molar-refractivity contribution >= 4 is 5.91 Å². The van der Waals surface area contributed by atoms with E-state index in [9.17, 15) is 4.79 Å². The van der Waals surface area contributed by atoms with Crippen molar-refractivity contribution in [3.8, 4) is 0 Å². The van der Waals surface area contributed by atoms with E-state index in [1.807, 2.05) is 29.2 Å². The van der Waals surface area contributed by atoms with E-state index in [0.717, 1.165) is 50.7 Å². The lowest BCUT2D eigenvalue weighted by molar-refractivity contribution is -0.134. The van der Waals surface area contributed by atoms with Crippen molar-refractivity contribution in [1.29, 1.82) is 0 Å². The van der Waals surface area contributed by atoms with Gasteiger partial charge in [0, 0.05) is 38.0 Å². The number of furan rings is 2. The molecule has 0 bridgehead atoms. The first-order valence-electron chi connectivity index (χ1n) is 7.88. The van der Waals surface area contributed by atoms with Crippen molar-refractivity contribution in [3.63, 3.8) is 0 Å². The van der Waals surface area contributed by atoms with Gasteiger partial charge in [-0.15, -0.1) is 0 Å². The number of hydrogen-bond acceptors (Lipinski definition) is 4. The molecule has 5 nitrogen and oxygen atoms in total. The van der Waals surface area contributed by atoms with E-state index in [0.29, 0.717) is 11.8 Å². The number of hydrogen-bond donors (Lipinski definition) is 0. The zero-order chi connectivity index (χ0) is 14.9. The molecule has 2 aromatic heterocycles. The zero-order valence-corrected chi connectivity index (χ0v) is 12.5. The average molecular weight is 300 g/mol. The molecule has 1 saturated carbocycles. The van der Waals surface area contributed by atoms with E-state index in [2.05, 4.69) is 4.90 Å². The van der Waals surface area contributed by atoms with Gasteiger partial charge in [-0.1, -0.05) is 0 Å². The molecule has 116 valence electrons. The highest BCUT2D eigenvalue weighted by atomic mass is 16.3. The van der Waals surface area contributed by atoms with Crippen molar-refractivity contribution in [2.24, 2.45) is 5.92 Å². The van der Waals surface area contributed by atoms with Crippen LogP contribution < -0.4 is 0 Å². The average Bonchev–Trinajstić information content (AvgIpc) is 2.94. The Morgan fingerprint density at radius 2 is 1.86 bits per heavy atom. The van der Waals surface area contributed by atoms with E-state index < -0.39 is 0 Å². The summed E-state index contributed by atoms with van der Waals surface area (Å²) >= 11 is 0. The van der Waals surface area contributed by atoms with Gasteiger partial charge in [0.2, 0.25) is 5.91 Å². The van der Waals surface area contributed by atoms with Crippen LogP contribution >= 0.6 is 0 Å². The maximum absolute atomic E-state index is 12.5. The van der Waals surface area contributed by atoms with E-state index in [1.54, 1.807) is 12.5 Å². The van der Waals surface area contributed by atoms with Gasteiger partial charge < -0.3 is 13.7 Å². The summed E-state index contributed by atoms with van der Waals surface area (Å²) in [6.07, 6.45) is 4.32. The van der Waals surface area contributed by atoms with Crippen molar-refractivity contribution in [1.82, 2.24) is 9.80 Å². The van der Waals surface area contributed by atoms with Gasteiger partial charge in [-0.3, -0.25) is 9.69 Å². The first kappa shape index (κ1) is 13.6. The molecule has 2 fully saturated rings. The number of carbonyl (C=O) groups is 1. The molecule has 3 heterocycles. The van der Waals surface area contributed by atoms with Crippen LogP contribution in [0, 0.1) is 5.92 Å². The van der Waals surface area contributed by atoms with E-state index in [1.165, 1.54) is 0 Å². The Hall–Kier alpha value is -2.01. The van der Waals surface area contributed by atoms with Crippen molar-refractivity contribution < 1.29 is 13.6 Å². The lowest BCUT2D eigenvalue weighted by Crippen LogP contribution is -2.48. The minimum Gasteiger partial charge on any atom is -0.469 e. The van der Waals surface area contributed by atoms with Crippen LogP contribution in [0.4, 0.5) is 0 Å². The molecule has 0 radical (unpaired) electrons. The largest absolute Gasteiger partial charge is 0.469 e. The first-order chi connectivity index (χ1) is 10.8. The molecule has 0 spiro atoms. The molecular weight excluding hydrogens is 280 g/mol. The lowest BCUT2D eigenvalue weighted by atomic mass is 10.2. The summed E-state index contributed by atoms with van der Waals surface area (Å²) in [5, 5.41) is 0. The molecular formula is C17H20N2O3. The quantitative estimate of drug-likeness (QED) is 0.869. The Bertz CT molecular complexity index is 612. The number of nitrogens with zero attached hydrogens (tertiary/aromatic N) is 2. The smallest absolute Gasteiger partial charge is 0.226 e. The Balaban J connectivity index is 1.28. The Kier molecular flexibility index (Phi) is 3.50. The second-order valence-electron chi connectivity index (χ2n) is 6.14. The highest BCUT2D eigenvalue weighted by Crippen LogP contribution is 2.48. The predicted molar refractivity (Wildman–Crippen MR) is 80.1 cm³/mol. The highest BCUT2D eigenvalue weighted by molar-refractivity contribution is 5.83. The molecule has 1 aliphatic heterocycles. The van der Waals surface area contributed by atoms with Crippen LogP contribution in [-0.2, 0) is 11.3 Å². The molecule has 22 heavy (non-hydrogen) atoms. The molecule has 2 atom stereocenters. The molecule has 1 amide bonds. The van der Waals surface area contributed by atoms with Gasteiger partial charge in [-0.2, -0.15) is 0 Å². The third-order valence-electron chi connectivity index (χ3n) is 4.66. The topological polar surface area (TPSA) is 49.8 Å². The fraction of sp³-hybridized carbons (Fsp3) is 0.471. The standard InChI is InChI=1S/C17H20N2O3/c20-17(15-11-14(15)16-4-2-10-22-16)19-7-5-18(6-8-19)12-13-3-1-9-21-13/h1-4,9-10,14-15H,5-8,11-12H2/t14-,15+/m0/s1. The maximum Gasteiger partial charge on any atom is 0.226 e. The van der Waals surface area contributed by atoms with E-state index in [-0.39, 0.29) is 5.92 Å². The molecule has 0 N–H and O–H groups in total. The molecule has 0 aromatic carbocycles. The maximum atomic E-state index is 12.5. The molecule has 1 aliphatic carbocycles. The van der Waals surface area contributed by atoms with Crippen LogP contribution in [0.3, 0.4) is 0 Å². The van der Waals surface area contributed by atoms with Crippen molar-refractivity contribution in [2.75, 3.05) is 26.2 Å². The second kappa shape index (κ2) is 5.65. The Morgan fingerprint density at radius 3 is 2.55 bits per heavy atom. The van der Waals surface area contributed by atoms with E-state index in [4.69, 9.17) is 8.83 Å². The minimum absolute atomic E-state index is 0.128. The predicted octanol–water partition coefficient (Wildman–Crippen LogP) is 2.32. The van der Waals surface area contributed by atoms with Crippen LogP contribution in [0.1, 0.15) is 23.9 Å². The summed E-state index contributed by atoms with van der Waals surface area (Å²) in [6, 6.07) is 7.77. The van der Waals surface area contributed by atoms with Gasteiger partial charge in [-0.05, 0) is 30.7 Å². The van der Waals surface area contributed by atoms with Crippen LogP contribution in [0.2, 0.25) is 0 Å². The molecule has 1 saturated heterocycles. The molecule has 2 aliphatic rings. The van der Waals surface area contributed by atoms with Crippen LogP contribution in [0.25, 0.3) is 0 Å². The fourth-order valence-corrected chi connectivity index (χ4v) is 3.27. The minimum atomic E-state index is 0.128. The summed E-state index contributed by atoms with van der Waals surface area (Å²) in [4.78, 5) is 16.9. The van der Waals surface area contributed by atoms with Crippen LogP contribution in [0.5, 0.6) is 0 Å². The van der Waals surface area contributed by atoms with Gasteiger partial charge in [0.1, 0.15) is 11.5 Å². The van der Waals surface area contributed by atoms with E-state index >= 15 is 0 Å². The monoisotopic (exact) mass is 300 g/mol. The van der Waals surface area contributed by atoms with Crippen molar-refractivity contribution in [3.05, 3.63) is 48.3 Å². The fourth-order valence-electron chi connectivity index (χ4n) is 3.27. The SMILES string of the molecule is O=C([C@@H]1C[C@@H]1c1ccco1)N1CCN(Cc2ccco2)CC1. The normalized spacial score (nSPS) is 25.4. The third-order valence-corrected chi connectivity index (χ3v) is 4.66. The highest BCUT2D eigenvalue weighted by Gasteiger charge is 2.47. The summed E-state index contributed by atoms with van der Waals surface area (Å²) in [5.41, 5.74) is 0. The Labute approximate surface area is 129 Å². The van der Waals surface area contributed by atoms with Gasteiger partial charge in [0.15, 0.2) is 0 Å².